The van der Waals surface area contributed by atoms with Gasteiger partial charge in [-0.1, -0.05) is 146 Å². The summed E-state index contributed by atoms with van der Waals surface area (Å²) in [5.74, 6) is 0.863. The van der Waals surface area contributed by atoms with E-state index in [2.05, 4.69) is 161 Å². The van der Waals surface area contributed by atoms with Gasteiger partial charge in [0.25, 0.3) is 0 Å². The van der Waals surface area contributed by atoms with Crippen LogP contribution >= 0.6 is 0 Å². The summed E-state index contributed by atoms with van der Waals surface area (Å²) < 4.78 is 2.36. The Labute approximate surface area is 251 Å². The molecule has 6 aromatic carbocycles. The van der Waals surface area contributed by atoms with Crippen molar-refractivity contribution < 1.29 is 0 Å². The predicted octanol–water partition coefficient (Wildman–Crippen LogP) is 8.92. The molecule has 0 fully saturated rings. The first-order valence-electron chi connectivity index (χ1n) is 14.7. The molecule has 43 heavy (non-hydrogen) atoms. The zero-order valence-corrected chi connectivity index (χ0v) is 23.6. The number of para-hydroxylation sites is 2. The van der Waals surface area contributed by atoms with E-state index in [9.17, 15) is 0 Å². The normalized spacial score (nSPS) is 16.6. The second-order valence-electron chi connectivity index (χ2n) is 10.9. The number of nitrogens with one attached hydrogen (secondary N) is 2. The molecule has 0 radical (unpaired) electrons. The van der Waals surface area contributed by atoms with E-state index < -0.39 is 0 Å². The van der Waals surface area contributed by atoms with Crippen LogP contribution in [0.4, 0.5) is 0 Å². The van der Waals surface area contributed by atoms with E-state index >= 15 is 0 Å². The smallest absolute Gasteiger partial charge is 0.162 e. The summed E-state index contributed by atoms with van der Waals surface area (Å²) in [6.45, 7) is 0. The number of fused-ring (bicyclic) bond motifs is 3. The molecule has 2 atom stereocenters. The number of hydrogen-bond acceptors (Lipinski definition) is 3. The fourth-order valence-corrected chi connectivity index (χ4v) is 6.16. The van der Waals surface area contributed by atoms with Gasteiger partial charge >= 0.3 is 0 Å². The maximum Gasteiger partial charge on any atom is 0.162 e. The molecule has 1 aliphatic heterocycles. The van der Waals surface area contributed by atoms with Crippen LogP contribution in [0.15, 0.2) is 163 Å². The summed E-state index contributed by atoms with van der Waals surface area (Å²) in [5.41, 5.74) is 9.30. The van der Waals surface area contributed by atoms with Gasteiger partial charge in [0, 0.05) is 16.3 Å². The Kier molecular flexibility index (Phi) is 6.32. The molecule has 2 unspecified atom stereocenters. The van der Waals surface area contributed by atoms with Crippen LogP contribution in [0.25, 0.3) is 44.1 Å². The summed E-state index contributed by atoms with van der Waals surface area (Å²) >= 11 is 0. The highest BCUT2D eigenvalue weighted by atomic mass is 15.4. The topological polar surface area (TPSA) is 41.4 Å². The second kappa shape index (κ2) is 10.8. The monoisotopic (exact) mass is 554 g/mol. The third kappa shape index (κ3) is 4.68. The standard InChI is InChI=1S/C39H30N4/c1-3-11-27(12-4-1)29-19-23-31(24-20-29)37-40-38(32-25-21-30(22-26-32)28-13-5-2-6-14-28)42-39(41-37)43-35-17-9-7-15-33(35)34-16-8-10-18-36(34)43/h1-26,37,39,41H,(H,40,42). The van der Waals surface area contributed by atoms with Crippen LogP contribution in [0.2, 0.25) is 0 Å². The van der Waals surface area contributed by atoms with Crippen LogP contribution in [-0.2, 0) is 0 Å². The number of aromatic nitrogens is 1. The van der Waals surface area contributed by atoms with Crippen molar-refractivity contribution in [1.82, 2.24) is 15.2 Å². The molecule has 0 spiro atoms. The quantitative estimate of drug-likeness (QED) is 0.223. The molecular formula is C39H30N4. The van der Waals surface area contributed by atoms with E-state index in [1.807, 2.05) is 12.1 Å². The molecule has 8 rings (SSSR count). The van der Waals surface area contributed by atoms with Crippen molar-refractivity contribution in [3.8, 4) is 22.3 Å². The number of rotatable bonds is 5. The van der Waals surface area contributed by atoms with E-state index in [4.69, 9.17) is 4.99 Å². The van der Waals surface area contributed by atoms with Crippen molar-refractivity contribution in [3.05, 3.63) is 169 Å². The zero-order chi connectivity index (χ0) is 28.6. The highest BCUT2D eigenvalue weighted by Crippen LogP contribution is 2.33. The minimum absolute atomic E-state index is 0.218. The molecule has 2 heterocycles. The van der Waals surface area contributed by atoms with Crippen molar-refractivity contribution in [3.63, 3.8) is 0 Å². The number of hydrogen-bond donors (Lipinski definition) is 2. The lowest BCUT2D eigenvalue weighted by atomic mass is 10.0. The molecule has 1 aromatic heterocycles. The van der Waals surface area contributed by atoms with Crippen molar-refractivity contribution in [2.24, 2.45) is 4.99 Å². The summed E-state index contributed by atoms with van der Waals surface area (Å²) in [7, 11) is 0. The average molecular weight is 555 g/mol. The van der Waals surface area contributed by atoms with E-state index in [1.165, 1.54) is 44.1 Å². The van der Waals surface area contributed by atoms with Gasteiger partial charge in [0.2, 0.25) is 0 Å². The van der Waals surface area contributed by atoms with E-state index in [0.29, 0.717) is 0 Å². The van der Waals surface area contributed by atoms with Crippen LogP contribution in [0, 0.1) is 0 Å². The van der Waals surface area contributed by atoms with Gasteiger partial charge in [-0.15, -0.1) is 0 Å². The fraction of sp³-hybridized carbons (Fsp3) is 0.0513. The van der Waals surface area contributed by atoms with Gasteiger partial charge in [-0.3, -0.25) is 5.32 Å². The van der Waals surface area contributed by atoms with Gasteiger partial charge in [0.05, 0.1) is 11.0 Å². The van der Waals surface area contributed by atoms with Gasteiger partial charge in [-0.2, -0.15) is 0 Å². The SMILES string of the molecule is c1ccc(-c2ccc(C3=NC(c4ccc(-c5ccccc5)cc4)NC(n4c5ccccc5c5ccccc54)N3)cc2)cc1. The van der Waals surface area contributed by atoms with Gasteiger partial charge in [-0.25, -0.2) is 4.99 Å². The molecule has 7 aromatic rings. The summed E-state index contributed by atoms with van der Waals surface area (Å²) in [6, 6.07) is 55.6. The molecule has 0 aliphatic carbocycles. The Hall–Kier alpha value is -5.45. The van der Waals surface area contributed by atoms with Crippen LogP contribution in [-0.4, -0.2) is 10.4 Å². The van der Waals surface area contributed by atoms with Crippen LogP contribution in [0.5, 0.6) is 0 Å². The van der Waals surface area contributed by atoms with Crippen molar-refractivity contribution in [1.29, 1.82) is 0 Å². The molecule has 4 heteroatoms. The fourth-order valence-electron chi connectivity index (χ4n) is 6.16. The zero-order valence-electron chi connectivity index (χ0n) is 23.6. The van der Waals surface area contributed by atoms with Crippen molar-refractivity contribution >= 4 is 27.6 Å². The van der Waals surface area contributed by atoms with E-state index in [1.54, 1.807) is 0 Å². The van der Waals surface area contributed by atoms with E-state index in [-0.39, 0.29) is 12.5 Å². The van der Waals surface area contributed by atoms with Crippen LogP contribution in [0.1, 0.15) is 23.6 Å². The molecule has 0 saturated heterocycles. The molecular weight excluding hydrogens is 524 g/mol. The lowest BCUT2D eigenvalue weighted by Crippen LogP contribution is -2.47. The molecule has 1 aliphatic rings. The molecule has 2 N–H and O–H groups in total. The Morgan fingerprint density at radius 1 is 0.442 bits per heavy atom. The number of nitrogens with zero attached hydrogens (tertiary/aromatic N) is 2. The Morgan fingerprint density at radius 2 is 0.884 bits per heavy atom. The molecule has 4 nitrogen and oxygen atoms in total. The Bertz CT molecular complexity index is 2010. The summed E-state index contributed by atoms with van der Waals surface area (Å²) in [5, 5.41) is 10.0. The second-order valence-corrected chi connectivity index (χ2v) is 10.9. The summed E-state index contributed by atoms with van der Waals surface area (Å²) in [6.07, 6.45) is -0.454. The average Bonchev–Trinajstić information content (AvgIpc) is 3.43. The van der Waals surface area contributed by atoms with Crippen LogP contribution in [0.3, 0.4) is 0 Å². The van der Waals surface area contributed by atoms with Crippen molar-refractivity contribution in [2.45, 2.75) is 12.5 Å². The summed E-state index contributed by atoms with van der Waals surface area (Å²) in [4.78, 5) is 5.23. The van der Waals surface area contributed by atoms with Gasteiger partial charge in [0.15, 0.2) is 6.29 Å². The number of benzene rings is 6. The lowest BCUT2D eigenvalue weighted by molar-refractivity contribution is 0.329. The molecule has 0 amide bonds. The maximum absolute atomic E-state index is 5.23. The first kappa shape index (κ1) is 25.3. The largest absolute Gasteiger partial charge is 0.337 e. The molecule has 206 valence electrons. The third-order valence-corrected chi connectivity index (χ3v) is 8.32. The minimum atomic E-state index is -0.236. The highest BCUT2D eigenvalue weighted by molar-refractivity contribution is 6.08. The van der Waals surface area contributed by atoms with Crippen molar-refractivity contribution in [2.75, 3.05) is 0 Å². The van der Waals surface area contributed by atoms with Gasteiger partial charge in [0.1, 0.15) is 12.0 Å². The van der Waals surface area contributed by atoms with Crippen LogP contribution < -0.4 is 10.6 Å². The highest BCUT2D eigenvalue weighted by Gasteiger charge is 2.27. The first-order chi connectivity index (χ1) is 21.3. The number of aliphatic imine (C=N–C) groups is 1. The van der Waals surface area contributed by atoms with Gasteiger partial charge in [-0.05, 0) is 39.9 Å². The molecule has 0 bridgehead atoms. The Morgan fingerprint density at radius 3 is 1.44 bits per heavy atom. The third-order valence-electron chi connectivity index (χ3n) is 8.32. The van der Waals surface area contributed by atoms with Gasteiger partial charge < -0.3 is 9.88 Å². The predicted molar refractivity (Wildman–Crippen MR) is 178 cm³/mol. The number of amidine groups is 1. The first-order valence-corrected chi connectivity index (χ1v) is 14.7. The lowest BCUT2D eigenvalue weighted by Gasteiger charge is -2.33. The molecule has 0 saturated carbocycles. The minimum Gasteiger partial charge on any atom is -0.337 e. The Balaban J connectivity index is 1.22. The maximum atomic E-state index is 5.23. The van der Waals surface area contributed by atoms with E-state index in [0.717, 1.165) is 17.0 Å².